The van der Waals surface area contributed by atoms with E-state index in [1.165, 1.54) is 6.07 Å². The maximum Gasteiger partial charge on any atom is 0.191 e. The highest BCUT2D eigenvalue weighted by Crippen LogP contribution is 2.20. The molecule has 1 aromatic rings. The minimum absolute atomic E-state index is 0.0377. The van der Waals surface area contributed by atoms with Gasteiger partial charge < -0.3 is 15.5 Å². The van der Waals surface area contributed by atoms with Gasteiger partial charge >= 0.3 is 0 Å². The minimum Gasteiger partial charge on any atom is -0.357 e. The predicted octanol–water partition coefficient (Wildman–Crippen LogP) is 0.789. The Morgan fingerprint density at radius 1 is 1.48 bits per heavy atom. The molecule has 9 heteroatoms. The SMILES string of the molecule is CCNC(=NCCS(=O)(=O)CC)NC1CCN(c2ncccc2F)C1. The van der Waals surface area contributed by atoms with Gasteiger partial charge in [0.15, 0.2) is 27.4 Å². The molecule has 0 bridgehead atoms. The Morgan fingerprint density at radius 3 is 2.96 bits per heavy atom. The zero-order valence-electron chi connectivity index (χ0n) is 14.7. The highest BCUT2D eigenvalue weighted by atomic mass is 32.2. The van der Waals surface area contributed by atoms with Crippen LogP contribution >= 0.6 is 0 Å². The van der Waals surface area contributed by atoms with Crippen LogP contribution in [0.2, 0.25) is 0 Å². The lowest BCUT2D eigenvalue weighted by Crippen LogP contribution is -2.45. The van der Waals surface area contributed by atoms with E-state index in [9.17, 15) is 12.8 Å². The lowest BCUT2D eigenvalue weighted by atomic mass is 10.3. The van der Waals surface area contributed by atoms with E-state index in [0.717, 1.165) is 6.42 Å². The van der Waals surface area contributed by atoms with Crippen LogP contribution in [0.3, 0.4) is 0 Å². The van der Waals surface area contributed by atoms with Gasteiger partial charge in [-0.1, -0.05) is 6.92 Å². The standard InChI is InChI=1S/C16H26FN5O2S/c1-3-18-16(20-9-11-25(23,24)4-2)21-13-7-10-22(12-13)15-14(17)6-5-8-19-15/h5-6,8,13H,3-4,7,9-12H2,1-2H3,(H2,18,20,21). The Balaban J connectivity index is 1.93. The average molecular weight is 371 g/mol. The van der Waals surface area contributed by atoms with Crippen molar-refractivity contribution in [1.29, 1.82) is 0 Å². The largest absolute Gasteiger partial charge is 0.357 e. The molecule has 1 fully saturated rings. The summed E-state index contributed by atoms with van der Waals surface area (Å²) in [5.74, 6) is 0.786. The molecule has 1 aromatic heterocycles. The molecule has 140 valence electrons. The first kappa shape index (κ1) is 19.4. The third-order valence-corrected chi connectivity index (χ3v) is 5.71. The molecule has 1 aliphatic rings. The van der Waals surface area contributed by atoms with Crippen molar-refractivity contribution in [2.24, 2.45) is 4.99 Å². The first-order valence-electron chi connectivity index (χ1n) is 8.56. The van der Waals surface area contributed by atoms with Crippen LogP contribution in [0.5, 0.6) is 0 Å². The maximum absolute atomic E-state index is 13.8. The summed E-state index contributed by atoms with van der Waals surface area (Å²) in [5.41, 5.74) is 0. The second kappa shape index (κ2) is 8.98. The molecule has 1 unspecified atom stereocenters. The quantitative estimate of drug-likeness (QED) is 0.544. The van der Waals surface area contributed by atoms with Gasteiger partial charge in [-0.2, -0.15) is 0 Å². The molecule has 0 spiro atoms. The number of nitrogens with one attached hydrogen (secondary N) is 2. The normalized spacial score (nSPS) is 18.4. The van der Waals surface area contributed by atoms with E-state index >= 15 is 0 Å². The van der Waals surface area contributed by atoms with Gasteiger partial charge in [0.2, 0.25) is 0 Å². The van der Waals surface area contributed by atoms with Crippen LogP contribution in [-0.2, 0) is 9.84 Å². The highest BCUT2D eigenvalue weighted by Gasteiger charge is 2.25. The van der Waals surface area contributed by atoms with Gasteiger partial charge in [-0.05, 0) is 25.5 Å². The summed E-state index contributed by atoms with van der Waals surface area (Å²) in [4.78, 5) is 10.3. The van der Waals surface area contributed by atoms with Crippen LogP contribution in [0, 0.1) is 5.82 Å². The fourth-order valence-electron chi connectivity index (χ4n) is 2.63. The average Bonchev–Trinajstić information content (AvgIpc) is 3.03. The molecule has 0 aromatic carbocycles. The van der Waals surface area contributed by atoms with Crippen LogP contribution in [0.1, 0.15) is 20.3 Å². The first-order valence-corrected chi connectivity index (χ1v) is 10.4. The molecule has 25 heavy (non-hydrogen) atoms. The summed E-state index contributed by atoms with van der Waals surface area (Å²) in [7, 11) is -3.03. The Labute approximate surface area is 148 Å². The molecule has 2 N–H and O–H groups in total. The first-order chi connectivity index (χ1) is 11.9. The monoisotopic (exact) mass is 371 g/mol. The molecule has 1 saturated heterocycles. The van der Waals surface area contributed by atoms with Gasteiger partial charge in [0.25, 0.3) is 0 Å². The second-order valence-electron chi connectivity index (χ2n) is 5.88. The lowest BCUT2D eigenvalue weighted by molar-refractivity contribution is 0.597. The molecule has 0 amide bonds. The van der Waals surface area contributed by atoms with Crippen molar-refractivity contribution in [1.82, 2.24) is 15.6 Å². The molecule has 1 aliphatic heterocycles. The molecular weight excluding hydrogens is 345 g/mol. The van der Waals surface area contributed by atoms with E-state index in [0.29, 0.717) is 31.4 Å². The summed E-state index contributed by atoms with van der Waals surface area (Å²) in [5, 5.41) is 6.41. The molecule has 2 rings (SSSR count). The number of halogens is 1. The fourth-order valence-corrected chi connectivity index (χ4v) is 3.29. The van der Waals surface area contributed by atoms with Crippen molar-refractivity contribution in [3.63, 3.8) is 0 Å². The summed E-state index contributed by atoms with van der Waals surface area (Å²) >= 11 is 0. The van der Waals surface area contributed by atoms with Crippen molar-refractivity contribution in [3.05, 3.63) is 24.1 Å². The van der Waals surface area contributed by atoms with E-state index in [-0.39, 0.29) is 29.9 Å². The van der Waals surface area contributed by atoms with Crippen molar-refractivity contribution >= 4 is 21.6 Å². The van der Waals surface area contributed by atoms with Crippen molar-refractivity contribution in [2.75, 3.05) is 42.6 Å². The molecule has 0 saturated carbocycles. The van der Waals surface area contributed by atoms with E-state index in [2.05, 4.69) is 20.6 Å². The van der Waals surface area contributed by atoms with Gasteiger partial charge in [0, 0.05) is 37.6 Å². The number of guanidine groups is 1. The van der Waals surface area contributed by atoms with Crippen LogP contribution < -0.4 is 15.5 Å². The van der Waals surface area contributed by atoms with Gasteiger partial charge in [0.05, 0.1) is 12.3 Å². The highest BCUT2D eigenvalue weighted by molar-refractivity contribution is 7.91. The van der Waals surface area contributed by atoms with Crippen LogP contribution in [0.4, 0.5) is 10.2 Å². The minimum atomic E-state index is -3.03. The van der Waals surface area contributed by atoms with Crippen LogP contribution in [0.15, 0.2) is 23.3 Å². The van der Waals surface area contributed by atoms with E-state index < -0.39 is 9.84 Å². The number of hydrogen-bond acceptors (Lipinski definition) is 5. The van der Waals surface area contributed by atoms with Crippen LogP contribution in [0.25, 0.3) is 0 Å². The Bertz CT molecular complexity index is 696. The lowest BCUT2D eigenvalue weighted by Gasteiger charge is -2.19. The number of aliphatic imine (C=N–C) groups is 1. The van der Waals surface area contributed by atoms with Gasteiger partial charge in [-0.3, -0.25) is 4.99 Å². The van der Waals surface area contributed by atoms with Gasteiger partial charge in [-0.15, -0.1) is 0 Å². The second-order valence-corrected chi connectivity index (χ2v) is 8.35. The van der Waals surface area contributed by atoms with Gasteiger partial charge in [0.1, 0.15) is 0 Å². The topological polar surface area (TPSA) is 86.7 Å². The molecule has 0 radical (unpaired) electrons. The van der Waals surface area contributed by atoms with Crippen LogP contribution in [-0.4, -0.2) is 63.1 Å². The van der Waals surface area contributed by atoms with Gasteiger partial charge in [-0.25, -0.2) is 17.8 Å². The number of hydrogen-bond donors (Lipinski definition) is 2. The van der Waals surface area contributed by atoms with E-state index in [1.54, 1.807) is 19.2 Å². The zero-order valence-corrected chi connectivity index (χ0v) is 15.5. The number of nitrogens with zero attached hydrogens (tertiary/aromatic N) is 3. The molecular formula is C16H26FN5O2S. The number of rotatable bonds is 7. The summed E-state index contributed by atoms with van der Waals surface area (Å²) in [6, 6.07) is 3.08. The van der Waals surface area contributed by atoms with Crippen molar-refractivity contribution < 1.29 is 12.8 Å². The zero-order chi connectivity index (χ0) is 18.3. The third kappa shape index (κ3) is 5.84. The van der Waals surface area contributed by atoms with E-state index in [1.807, 2.05) is 11.8 Å². The molecule has 0 aliphatic carbocycles. The Kier molecular flexibility index (Phi) is 6.98. The van der Waals surface area contributed by atoms with Crippen molar-refractivity contribution in [3.8, 4) is 0 Å². The van der Waals surface area contributed by atoms with E-state index in [4.69, 9.17) is 0 Å². The predicted molar refractivity (Wildman–Crippen MR) is 98.3 cm³/mol. The number of aromatic nitrogens is 1. The Morgan fingerprint density at radius 2 is 2.28 bits per heavy atom. The summed E-state index contributed by atoms with van der Waals surface area (Å²) in [6.07, 6.45) is 2.41. The number of sulfone groups is 1. The molecule has 7 nitrogen and oxygen atoms in total. The molecule has 2 heterocycles. The smallest absolute Gasteiger partial charge is 0.191 e. The third-order valence-electron chi connectivity index (χ3n) is 4.02. The fraction of sp³-hybridized carbons (Fsp3) is 0.625. The summed E-state index contributed by atoms with van der Waals surface area (Å²) < 4.78 is 37.0. The van der Waals surface area contributed by atoms with Crippen molar-refractivity contribution in [2.45, 2.75) is 26.3 Å². The number of anilines is 1. The number of pyridine rings is 1. The maximum atomic E-state index is 13.8. The summed E-state index contributed by atoms with van der Waals surface area (Å²) in [6.45, 7) is 5.80. The molecule has 1 atom stereocenters. The Hall–Kier alpha value is -1.90.